The summed E-state index contributed by atoms with van der Waals surface area (Å²) in [5.74, 6) is 0.808. The van der Waals surface area contributed by atoms with Crippen LogP contribution in [0.2, 0.25) is 5.02 Å². The second-order valence-corrected chi connectivity index (χ2v) is 6.60. The van der Waals surface area contributed by atoms with Gasteiger partial charge in [0, 0.05) is 13.1 Å². The van der Waals surface area contributed by atoms with E-state index < -0.39 is 17.4 Å². The van der Waals surface area contributed by atoms with Crippen molar-refractivity contribution in [3.05, 3.63) is 58.1 Å². The number of nitrogens with two attached hydrogens (primary N) is 1. The molecule has 3 nitrogen and oxygen atoms in total. The van der Waals surface area contributed by atoms with Crippen molar-refractivity contribution in [1.82, 2.24) is 4.90 Å². The van der Waals surface area contributed by atoms with Gasteiger partial charge in [-0.1, -0.05) is 23.7 Å². The van der Waals surface area contributed by atoms with Crippen LogP contribution in [-0.2, 0) is 19.0 Å². The third kappa shape index (κ3) is 5.54. The third-order valence-electron chi connectivity index (χ3n) is 4.22. The van der Waals surface area contributed by atoms with Crippen LogP contribution < -0.4 is 10.5 Å². The molecule has 0 radical (unpaired) electrons. The maximum Gasteiger partial charge on any atom is 0.418 e. The predicted molar refractivity (Wildman–Crippen MR) is 98.8 cm³/mol. The first kappa shape index (κ1) is 20.4. The zero-order valence-corrected chi connectivity index (χ0v) is 15.5. The van der Waals surface area contributed by atoms with E-state index in [-0.39, 0.29) is 5.02 Å². The summed E-state index contributed by atoms with van der Waals surface area (Å²) in [6, 6.07) is 10.4. The number of rotatable bonds is 7. The molecule has 0 aromatic heterocycles. The molecule has 0 bridgehead atoms. The normalized spacial score (nSPS) is 11.8. The van der Waals surface area contributed by atoms with Crippen molar-refractivity contribution in [3.63, 3.8) is 0 Å². The van der Waals surface area contributed by atoms with E-state index in [1.165, 1.54) is 11.6 Å². The van der Waals surface area contributed by atoms with E-state index in [2.05, 4.69) is 4.90 Å². The Morgan fingerprint density at radius 2 is 1.62 bits per heavy atom. The Labute approximate surface area is 156 Å². The van der Waals surface area contributed by atoms with Gasteiger partial charge in [-0.2, -0.15) is 13.2 Å². The molecular weight excluding hydrogens is 365 g/mol. The van der Waals surface area contributed by atoms with Gasteiger partial charge in [-0.15, -0.1) is 0 Å². The van der Waals surface area contributed by atoms with E-state index in [1.54, 1.807) is 7.11 Å². The molecule has 0 atom stereocenters. The number of nitrogen functional groups attached to an aromatic ring is 1. The van der Waals surface area contributed by atoms with Crippen molar-refractivity contribution in [3.8, 4) is 5.75 Å². The van der Waals surface area contributed by atoms with Gasteiger partial charge in [-0.3, -0.25) is 0 Å². The van der Waals surface area contributed by atoms with Crippen molar-refractivity contribution in [2.45, 2.75) is 19.0 Å². The van der Waals surface area contributed by atoms with E-state index >= 15 is 0 Å². The topological polar surface area (TPSA) is 38.5 Å². The first-order valence-corrected chi connectivity index (χ1v) is 8.55. The molecule has 0 amide bonds. The Hall–Kier alpha value is -1.92. The van der Waals surface area contributed by atoms with Crippen LogP contribution in [0.25, 0.3) is 0 Å². The van der Waals surface area contributed by atoms with Crippen LogP contribution in [0.15, 0.2) is 36.4 Å². The number of methoxy groups -OCH3 is 1. The van der Waals surface area contributed by atoms with Crippen LogP contribution in [-0.4, -0.2) is 32.1 Å². The highest BCUT2D eigenvalue weighted by atomic mass is 35.5. The number of hydrogen-bond donors (Lipinski definition) is 1. The standard InChI is InChI=1S/C19H22ClF3N2O/c1-25(9-7-13-3-5-15(26-2)6-4-13)10-8-14-11-16(19(21,22)23)18(24)17(20)12-14/h3-6,11-12H,7-10,24H2,1-2H3. The Balaban J connectivity index is 1.92. The molecule has 0 unspecified atom stereocenters. The van der Waals surface area contributed by atoms with E-state index in [0.29, 0.717) is 18.5 Å². The summed E-state index contributed by atoms with van der Waals surface area (Å²) in [6.45, 7) is 1.41. The van der Waals surface area contributed by atoms with E-state index in [9.17, 15) is 13.2 Å². The fourth-order valence-electron chi connectivity index (χ4n) is 2.60. The minimum atomic E-state index is -4.51. The number of benzene rings is 2. The largest absolute Gasteiger partial charge is 0.497 e. The summed E-state index contributed by atoms with van der Waals surface area (Å²) in [5, 5.41) is -0.0595. The molecule has 2 N–H and O–H groups in total. The highest BCUT2D eigenvalue weighted by molar-refractivity contribution is 6.33. The van der Waals surface area contributed by atoms with Crippen molar-refractivity contribution < 1.29 is 17.9 Å². The van der Waals surface area contributed by atoms with Crippen molar-refractivity contribution >= 4 is 17.3 Å². The Morgan fingerprint density at radius 1 is 1.04 bits per heavy atom. The number of anilines is 1. The minimum Gasteiger partial charge on any atom is -0.497 e. The Morgan fingerprint density at radius 3 is 2.15 bits per heavy atom. The fourth-order valence-corrected chi connectivity index (χ4v) is 2.84. The zero-order valence-electron chi connectivity index (χ0n) is 14.7. The third-order valence-corrected chi connectivity index (χ3v) is 4.53. The number of alkyl halides is 3. The first-order chi connectivity index (χ1) is 12.2. The lowest BCUT2D eigenvalue weighted by atomic mass is 10.1. The molecule has 0 aliphatic rings. The summed E-state index contributed by atoms with van der Waals surface area (Å²) in [6.07, 6.45) is -3.21. The van der Waals surface area contributed by atoms with Gasteiger partial charge in [-0.05, 0) is 55.3 Å². The molecular formula is C19H22ClF3N2O. The smallest absolute Gasteiger partial charge is 0.418 e. The van der Waals surface area contributed by atoms with Crippen molar-refractivity contribution in [1.29, 1.82) is 0 Å². The second-order valence-electron chi connectivity index (χ2n) is 6.19. The van der Waals surface area contributed by atoms with Crippen LogP contribution in [0.4, 0.5) is 18.9 Å². The van der Waals surface area contributed by atoms with Gasteiger partial charge in [-0.25, -0.2) is 0 Å². The number of ether oxygens (including phenoxy) is 1. The molecule has 26 heavy (non-hydrogen) atoms. The zero-order chi connectivity index (χ0) is 19.3. The lowest BCUT2D eigenvalue weighted by molar-refractivity contribution is -0.136. The molecule has 0 aliphatic heterocycles. The second kappa shape index (κ2) is 8.64. The molecule has 0 heterocycles. The molecule has 0 aliphatic carbocycles. The number of hydrogen-bond acceptors (Lipinski definition) is 3. The summed E-state index contributed by atoms with van der Waals surface area (Å²) in [7, 11) is 3.56. The maximum atomic E-state index is 13.0. The quantitative estimate of drug-likeness (QED) is 0.703. The van der Waals surface area contributed by atoms with Crippen molar-refractivity contribution in [2.75, 3.05) is 33.0 Å². The number of nitrogens with zero attached hydrogens (tertiary/aromatic N) is 1. The highest BCUT2D eigenvalue weighted by Gasteiger charge is 2.34. The van der Waals surface area contributed by atoms with Gasteiger partial charge < -0.3 is 15.4 Å². The van der Waals surface area contributed by atoms with Crippen LogP contribution in [0, 0.1) is 0 Å². The average Bonchev–Trinajstić information content (AvgIpc) is 2.60. The van der Waals surface area contributed by atoms with E-state index in [4.69, 9.17) is 22.1 Å². The lowest BCUT2D eigenvalue weighted by Crippen LogP contribution is -2.24. The fraction of sp³-hybridized carbons (Fsp3) is 0.368. The number of halogens is 4. The van der Waals surface area contributed by atoms with E-state index in [1.807, 2.05) is 31.3 Å². The van der Waals surface area contributed by atoms with Gasteiger partial charge in [0.05, 0.1) is 23.4 Å². The highest BCUT2D eigenvalue weighted by Crippen LogP contribution is 2.37. The Kier molecular flexibility index (Phi) is 6.78. The molecule has 142 valence electrons. The summed E-state index contributed by atoms with van der Waals surface area (Å²) < 4.78 is 44.2. The molecule has 0 fully saturated rings. The maximum absolute atomic E-state index is 13.0. The molecule has 7 heteroatoms. The first-order valence-electron chi connectivity index (χ1n) is 8.17. The monoisotopic (exact) mass is 386 g/mol. The van der Waals surface area contributed by atoms with Crippen LogP contribution in [0.5, 0.6) is 5.75 Å². The molecule has 0 saturated heterocycles. The number of likely N-dealkylation sites (N-methyl/N-ethyl adjacent to an activating group) is 1. The Bertz CT molecular complexity index is 733. The molecule has 2 aromatic carbocycles. The summed E-state index contributed by atoms with van der Waals surface area (Å²) in [5.41, 5.74) is 5.86. The van der Waals surface area contributed by atoms with Gasteiger partial charge in [0.25, 0.3) is 0 Å². The van der Waals surface area contributed by atoms with Crippen LogP contribution in [0.3, 0.4) is 0 Å². The minimum absolute atomic E-state index is 0.0595. The SMILES string of the molecule is COc1ccc(CCN(C)CCc2cc(Cl)c(N)c(C(F)(F)F)c2)cc1. The van der Waals surface area contributed by atoms with Crippen molar-refractivity contribution in [2.24, 2.45) is 0 Å². The van der Waals surface area contributed by atoms with Gasteiger partial charge in [0.1, 0.15) is 5.75 Å². The molecule has 0 saturated carbocycles. The predicted octanol–water partition coefficient (Wildman–Crippen LogP) is 4.67. The lowest BCUT2D eigenvalue weighted by Gasteiger charge is -2.18. The molecule has 2 rings (SSSR count). The van der Waals surface area contributed by atoms with Gasteiger partial charge in [0.2, 0.25) is 0 Å². The molecule has 2 aromatic rings. The van der Waals surface area contributed by atoms with E-state index in [0.717, 1.165) is 24.8 Å². The summed E-state index contributed by atoms with van der Waals surface area (Å²) in [4.78, 5) is 2.07. The van der Waals surface area contributed by atoms with Crippen LogP contribution >= 0.6 is 11.6 Å². The summed E-state index contributed by atoms with van der Waals surface area (Å²) >= 11 is 5.86. The molecule has 0 spiro atoms. The van der Waals surface area contributed by atoms with Crippen LogP contribution in [0.1, 0.15) is 16.7 Å². The van der Waals surface area contributed by atoms with Gasteiger partial charge >= 0.3 is 6.18 Å². The van der Waals surface area contributed by atoms with Gasteiger partial charge in [0.15, 0.2) is 0 Å². The average molecular weight is 387 g/mol.